The van der Waals surface area contributed by atoms with Gasteiger partial charge in [0.05, 0.1) is 16.4 Å². The molecular formula is C22H27FN6O2S. The number of aromatic nitrogens is 3. The van der Waals surface area contributed by atoms with Crippen LogP contribution in [-0.4, -0.2) is 44.8 Å². The van der Waals surface area contributed by atoms with E-state index in [1.807, 2.05) is 16.3 Å². The fourth-order valence-corrected chi connectivity index (χ4v) is 3.70. The highest BCUT2D eigenvalue weighted by atomic mass is 32.1. The maximum atomic E-state index is 13.2. The highest BCUT2D eigenvalue weighted by Crippen LogP contribution is 2.26. The third-order valence-corrected chi connectivity index (χ3v) is 5.76. The first-order valence-corrected chi connectivity index (χ1v) is 11.2. The van der Waals surface area contributed by atoms with E-state index in [0.29, 0.717) is 23.8 Å². The maximum absolute atomic E-state index is 13.2. The molecule has 1 aliphatic heterocycles. The fraction of sp³-hybridized carbons (Fsp3) is 0.409. The molecule has 0 aliphatic carbocycles. The van der Waals surface area contributed by atoms with E-state index in [1.54, 1.807) is 27.0 Å². The summed E-state index contributed by atoms with van der Waals surface area (Å²) >= 11 is 1.47. The van der Waals surface area contributed by atoms with E-state index in [1.165, 1.54) is 17.4 Å². The number of carbonyl (C=O) groups excluding carboxylic acids is 2. The number of pyridine rings is 1. The summed E-state index contributed by atoms with van der Waals surface area (Å²) in [7, 11) is 0. The van der Waals surface area contributed by atoms with Crippen LogP contribution in [0.15, 0.2) is 29.9 Å². The number of hydrogen-bond donors (Lipinski definition) is 2. The number of thiophene rings is 1. The van der Waals surface area contributed by atoms with Crippen molar-refractivity contribution in [3.63, 3.8) is 0 Å². The van der Waals surface area contributed by atoms with Gasteiger partial charge in [-0.25, -0.2) is 14.4 Å². The molecule has 8 nitrogen and oxygen atoms in total. The van der Waals surface area contributed by atoms with Crippen LogP contribution in [0.3, 0.4) is 0 Å². The van der Waals surface area contributed by atoms with Crippen molar-refractivity contribution < 1.29 is 14.0 Å². The second kappa shape index (κ2) is 9.99. The zero-order chi connectivity index (χ0) is 23.3. The topological polar surface area (TPSA) is 114 Å². The summed E-state index contributed by atoms with van der Waals surface area (Å²) in [4.78, 5) is 37.6. The Morgan fingerprint density at radius 1 is 1.22 bits per heavy atom. The lowest BCUT2D eigenvalue weighted by Crippen LogP contribution is -2.28. The first kappa shape index (κ1) is 23.5. The Kier molecular flexibility index (Phi) is 7.34. The Morgan fingerprint density at radius 2 is 1.91 bits per heavy atom. The van der Waals surface area contributed by atoms with Crippen LogP contribution in [0.1, 0.15) is 49.7 Å². The number of halogens is 1. The predicted octanol–water partition coefficient (Wildman–Crippen LogP) is 3.59. The summed E-state index contributed by atoms with van der Waals surface area (Å²) in [6.45, 7) is 7.23. The van der Waals surface area contributed by atoms with Gasteiger partial charge in [0.1, 0.15) is 5.82 Å². The standard InChI is InChI=1S/C17H16FN5OS.C5H11NO/c18-12-7-11(8-19-10-12)9-20-17-21-13-3-6-25-15(13)14(22-17)16(24)23-4-1-2-5-23;1-5(2,3)4(6)7/h3,6-8,10H,1-2,4-5,9H2,(H,20,21,22);1-3H3,(H2,6,7). The molecule has 1 fully saturated rings. The zero-order valence-electron chi connectivity index (χ0n) is 18.4. The Bertz CT molecular complexity index is 1110. The van der Waals surface area contributed by atoms with Crippen molar-refractivity contribution in [2.45, 2.75) is 40.2 Å². The van der Waals surface area contributed by atoms with Gasteiger partial charge in [0, 0.05) is 31.2 Å². The van der Waals surface area contributed by atoms with Gasteiger partial charge in [-0.3, -0.25) is 14.6 Å². The Morgan fingerprint density at radius 3 is 2.53 bits per heavy atom. The summed E-state index contributed by atoms with van der Waals surface area (Å²) in [5.74, 6) is -0.341. The number of hydrogen-bond acceptors (Lipinski definition) is 7. The normalized spacial score (nSPS) is 13.6. The molecule has 3 aromatic rings. The smallest absolute Gasteiger partial charge is 0.274 e. The van der Waals surface area contributed by atoms with Crippen LogP contribution in [-0.2, 0) is 11.3 Å². The monoisotopic (exact) mass is 458 g/mol. The summed E-state index contributed by atoms with van der Waals surface area (Å²) in [5.41, 5.74) is 6.42. The largest absolute Gasteiger partial charge is 0.369 e. The van der Waals surface area contributed by atoms with Crippen LogP contribution in [0.2, 0.25) is 0 Å². The highest BCUT2D eigenvalue weighted by Gasteiger charge is 2.24. The number of nitrogens with one attached hydrogen (secondary N) is 1. The van der Waals surface area contributed by atoms with Crippen molar-refractivity contribution in [3.8, 4) is 0 Å². The zero-order valence-corrected chi connectivity index (χ0v) is 19.2. The van der Waals surface area contributed by atoms with E-state index in [4.69, 9.17) is 5.73 Å². The van der Waals surface area contributed by atoms with Crippen molar-refractivity contribution in [3.05, 3.63) is 47.0 Å². The van der Waals surface area contributed by atoms with Crippen LogP contribution < -0.4 is 11.1 Å². The average molecular weight is 459 g/mol. The van der Waals surface area contributed by atoms with Crippen molar-refractivity contribution in [1.29, 1.82) is 0 Å². The number of nitrogens with zero attached hydrogens (tertiary/aromatic N) is 4. The molecule has 0 radical (unpaired) electrons. The van der Waals surface area contributed by atoms with Crippen LogP contribution in [0.25, 0.3) is 10.2 Å². The summed E-state index contributed by atoms with van der Waals surface area (Å²) in [5, 5.41) is 4.96. The average Bonchev–Trinajstić information content (AvgIpc) is 3.43. The minimum absolute atomic E-state index is 0.0529. The maximum Gasteiger partial charge on any atom is 0.274 e. The molecule has 1 saturated heterocycles. The summed E-state index contributed by atoms with van der Waals surface area (Å²) in [6.07, 6.45) is 4.80. The predicted molar refractivity (Wildman–Crippen MR) is 123 cm³/mol. The molecule has 2 amide bonds. The minimum atomic E-state index is -0.390. The molecule has 0 unspecified atom stereocenters. The van der Waals surface area contributed by atoms with Gasteiger partial charge in [-0.15, -0.1) is 11.3 Å². The molecule has 4 heterocycles. The number of likely N-dealkylation sites (tertiary alicyclic amines) is 1. The molecule has 32 heavy (non-hydrogen) atoms. The van der Waals surface area contributed by atoms with Gasteiger partial charge in [0.25, 0.3) is 5.91 Å². The molecule has 170 valence electrons. The molecule has 4 rings (SSSR count). The van der Waals surface area contributed by atoms with Gasteiger partial charge in [0.2, 0.25) is 11.9 Å². The van der Waals surface area contributed by atoms with Gasteiger partial charge in [0.15, 0.2) is 5.69 Å². The molecule has 3 N–H and O–H groups in total. The van der Waals surface area contributed by atoms with Crippen molar-refractivity contribution in [2.24, 2.45) is 11.1 Å². The van der Waals surface area contributed by atoms with E-state index < -0.39 is 5.82 Å². The number of carbonyl (C=O) groups is 2. The van der Waals surface area contributed by atoms with Gasteiger partial charge >= 0.3 is 0 Å². The first-order chi connectivity index (χ1) is 15.1. The van der Waals surface area contributed by atoms with E-state index in [0.717, 1.165) is 42.3 Å². The van der Waals surface area contributed by atoms with E-state index >= 15 is 0 Å². The number of nitrogens with two attached hydrogens (primary N) is 1. The molecule has 0 atom stereocenters. The molecule has 0 spiro atoms. The van der Waals surface area contributed by atoms with Gasteiger partial charge in [-0.2, -0.15) is 0 Å². The number of fused-ring (bicyclic) bond motifs is 1. The van der Waals surface area contributed by atoms with E-state index in [2.05, 4.69) is 20.3 Å². The van der Waals surface area contributed by atoms with Crippen molar-refractivity contribution in [1.82, 2.24) is 19.9 Å². The Balaban J connectivity index is 0.000000360. The molecule has 1 aliphatic rings. The van der Waals surface area contributed by atoms with Gasteiger partial charge < -0.3 is 16.0 Å². The van der Waals surface area contributed by atoms with Gasteiger partial charge in [-0.1, -0.05) is 20.8 Å². The fourth-order valence-electron chi connectivity index (χ4n) is 2.89. The van der Waals surface area contributed by atoms with Gasteiger partial charge in [-0.05, 0) is 35.9 Å². The molecule has 10 heteroatoms. The van der Waals surface area contributed by atoms with Crippen LogP contribution in [0.5, 0.6) is 0 Å². The lowest BCUT2D eigenvalue weighted by molar-refractivity contribution is -0.125. The Hall–Kier alpha value is -3.14. The Labute approximate surface area is 190 Å². The molecule has 0 bridgehead atoms. The molecule has 0 aromatic carbocycles. The lowest BCUT2D eigenvalue weighted by atomic mass is 9.96. The third-order valence-electron chi connectivity index (χ3n) is 4.85. The quantitative estimate of drug-likeness (QED) is 0.618. The minimum Gasteiger partial charge on any atom is -0.369 e. The van der Waals surface area contributed by atoms with Crippen molar-refractivity contribution in [2.75, 3.05) is 18.4 Å². The summed E-state index contributed by atoms with van der Waals surface area (Å²) in [6, 6.07) is 3.27. The number of primary amides is 1. The number of rotatable bonds is 4. The summed E-state index contributed by atoms with van der Waals surface area (Å²) < 4.78 is 14.0. The second-order valence-electron chi connectivity index (χ2n) is 8.51. The number of anilines is 1. The first-order valence-electron chi connectivity index (χ1n) is 10.3. The molecule has 0 saturated carbocycles. The highest BCUT2D eigenvalue weighted by molar-refractivity contribution is 7.17. The number of amides is 2. The third kappa shape index (κ3) is 5.97. The van der Waals surface area contributed by atoms with E-state index in [-0.39, 0.29) is 17.2 Å². The molecule has 3 aromatic heterocycles. The van der Waals surface area contributed by atoms with Crippen LogP contribution in [0, 0.1) is 11.2 Å². The molecular weight excluding hydrogens is 431 g/mol. The van der Waals surface area contributed by atoms with Crippen molar-refractivity contribution >= 4 is 39.3 Å². The van der Waals surface area contributed by atoms with Crippen LogP contribution in [0.4, 0.5) is 10.3 Å². The van der Waals surface area contributed by atoms with Crippen LogP contribution >= 0.6 is 11.3 Å². The second-order valence-corrected chi connectivity index (χ2v) is 9.43. The van der Waals surface area contributed by atoms with E-state index in [9.17, 15) is 14.0 Å². The SMILES string of the molecule is CC(C)(C)C(N)=O.O=C(c1nc(NCc2cncc(F)c2)nc2ccsc12)N1CCCC1. The lowest BCUT2D eigenvalue weighted by Gasteiger charge is -2.15.